The molecule has 0 aliphatic carbocycles. The number of aromatic nitrogens is 2. The third-order valence-corrected chi connectivity index (χ3v) is 4.55. The van der Waals surface area contributed by atoms with Crippen molar-refractivity contribution in [1.82, 2.24) is 10.1 Å². The van der Waals surface area contributed by atoms with Crippen molar-refractivity contribution >= 4 is 0 Å². The maximum Gasteiger partial charge on any atom is 0.232 e. The molecule has 0 N–H and O–H groups in total. The van der Waals surface area contributed by atoms with E-state index in [4.69, 9.17) is 9.26 Å². The molecule has 1 saturated heterocycles. The van der Waals surface area contributed by atoms with Gasteiger partial charge < -0.3 is 9.26 Å². The Morgan fingerprint density at radius 1 is 0.958 bits per heavy atom. The second-order valence-corrected chi connectivity index (χ2v) is 6.19. The van der Waals surface area contributed by atoms with Crippen LogP contribution in [0.15, 0.2) is 65.2 Å². The molecule has 2 aromatic carbocycles. The van der Waals surface area contributed by atoms with Crippen molar-refractivity contribution in [3.05, 3.63) is 83.5 Å². The van der Waals surface area contributed by atoms with Gasteiger partial charge in [0.05, 0.1) is 12.5 Å². The molecule has 0 bridgehead atoms. The highest BCUT2D eigenvalue weighted by atomic mass is 16.5. The Morgan fingerprint density at radius 2 is 1.62 bits per heavy atom. The summed E-state index contributed by atoms with van der Waals surface area (Å²) in [7, 11) is 0. The molecule has 3 aromatic rings. The first-order valence-electron chi connectivity index (χ1n) is 8.40. The summed E-state index contributed by atoms with van der Waals surface area (Å²) >= 11 is 0. The molecule has 2 heterocycles. The average Bonchev–Trinajstić information content (AvgIpc) is 3.33. The lowest BCUT2D eigenvalue weighted by molar-refractivity contribution is 0.189. The number of hydrogen-bond acceptors (Lipinski definition) is 4. The van der Waals surface area contributed by atoms with E-state index in [1.165, 1.54) is 11.1 Å². The van der Waals surface area contributed by atoms with Gasteiger partial charge in [0.2, 0.25) is 5.89 Å². The Bertz CT molecular complexity index is 725. The second kappa shape index (κ2) is 6.97. The quantitative estimate of drug-likeness (QED) is 0.714. The van der Waals surface area contributed by atoms with Crippen LogP contribution in [0.1, 0.15) is 41.1 Å². The normalized spacial score (nSPS) is 17.5. The number of rotatable bonds is 5. The molecular weight excluding hydrogens is 300 g/mol. The van der Waals surface area contributed by atoms with E-state index < -0.39 is 0 Å². The van der Waals surface area contributed by atoms with Crippen LogP contribution in [0.25, 0.3) is 0 Å². The predicted molar refractivity (Wildman–Crippen MR) is 90.9 cm³/mol. The van der Waals surface area contributed by atoms with Crippen LogP contribution >= 0.6 is 0 Å². The van der Waals surface area contributed by atoms with Crippen LogP contribution in [0.3, 0.4) is 0 Å². The average molecular weight is 320 g/mol. The highest BCUT2D eigenvalue weighted by Crippen LogP contribution is 2.29. The first-order chi connectivity index (χ1) is 11.9. The van der Waals surface area contributed by atoms with Crippen LogP contribution in [0.2, 0.25) is 0 Å². The summed E-state index contributed by atoms with van der Waals surface area (Å²) in [5, 5.41) is 4.21. The van der Waals surface area contributed by atoms with E-state index in [9.17, 15) is 0 Å². The number of benzene rings is 2. The van der Waals surface area contributed by atoms with Gasteiger partial charge in [-0.15, -0.1) is 0 Å². The molecule has 1 fully saturated rings. The van der Waals surface area contributed by atoms with Crippen molar-refractivity contribution in [3.8, 4) is 0 Å². The molecule has 1 atom stereocenters. The molecule has 1 aliphatic heterocycles. The summed E-state index contributed by atoms with van der Waals surface area (Å²) in [6.45, 7) is 1.46. The van der Waals surface area contributed by atoms with Crippen LogP contribution < -0.4 is 0 Å². The molecule has 4 nitrogen and oxygen atoms in total. The Morgan fingerprint density at radius 3 is 2.21 bits per heavy atom. The van der Waals surface area contributed by atoms with Gasteiger partial charge in [-0.1, -0.05) is 65.8 Å². The maximum absolute atomic E-state index is 5.48. The first-order valence-corrected chi connectivity index (χ1v) is 8.40. The van der Waals surface area contributed by atoms with E-state index in [0.29, 0.717) is 12.5 Å². The lowest BCUT2D eigenvalue weighted by Gasteiger charge is -2.16. The van der Waals surface area contributed by atoms with Gasteiger partial charge in [0.1, 0.15) is 0 Å². The largest absolute Gasteiger partial charge is 0.381 e. The van der Waals surface area contributed by atoms with Crippen LogP contribution in [-0.2, 0) is 11.2 Å². The van der Waals surface area contributed by atoms with Gasteiger partial charge in [0.25, 0.3) is 0 Å². The topological polar surface area (TPSA) is 48.2 Å². The second-order valence-electron chi connectivity index (χ2n) is 6.19. The van der Waals surface area contributed by atoms with Gasteiger partial charge in [-0.3, -0.25) is 0 Å². The van der Waals surface area contributed by atoms with Gasteiger partial charge in [-0.05, 0) is 17.5 Å². The first kappa shape index (κ1) is 15.1. The minimum absolute atomic E-state index is 0.220. The monoisotopic (exact) mass is 320 g/mol. The zero-order chi connectivity index (χ0) is 16.2. The Kier molecular flexibility index (Phi) is 4.38. The molecular formula is C20H20N2O2. The molecule has 0 unspecified atom stereocenters. The Labute approximate surface area is 141 Å². The highest BCUT2D eigenvalue weighted by molar-refractivity contribution is 5.33. The predicted octanol–water partition coefficient (Wildman–Crippen LogP) is 3.95. The fourth-order valence-corrected chi connectivity index (χ4v) is 3.23. The molecule has 0 spiro atoms. The highest BCUT2D eigenvalue weighted by Gasteiger charge is 2.25. The molecule has 4 heteroatoms. The Hall–Kier alpha value is -2.46. The zero-order valence-corrected chi connectivity index (χ0v) is 13.5. The molecule has 0 amide bonds. The molecule has 0 radical (unpaired) electrons. The SMILES string of the molecule is c1ccc(C(Cc2noc([C@@H]3CCOC3)n2)c2ccccc2)cc1. The minimum atomic E-state index is 0.220. The van der Waals surface area contributed by atoms with Gasteiger partial charge >= 0.3 is 0 Å². The van der Waals surface area contributed by atoms with E-state index >= 15 is 0 Å². The van der Waals surface area contributed by atoms with Crippen molar-refractivity contribution in [2.45, 2.75) is 24.7 Å². The number of hydrogen-bond donors (Lipinski definition) is 0. The molecule has 24 heavy (non-hydrogen) atoms. The van der Waals surface area contributed by atoms with Crippen molar-refractivity contribution in [1.29, 1.82) is 0 Å². The third kappa shape index (κ3) is 3.24. The number of ether oxygens (including phenoxy) is 1. The van der Waals surface area contributed by atoms with E-state index in [0.717, 1.165) is 25.3 Å². The third-order valence-electron chi connectivity index (χ3n) is 4.55. The van der Waals surface area contributed by atoms with E-state index in [1.54, 1.807) is 0 Å². The maximum atomic E-state index is 5.48. The van der Waals surface area contributed by atoms with Crippen molar-refractivity contribution < 1.29 is 9.26 Å². The summed E-state index contributed by atoms with van der Waals surface area (Å²) in [5.74, 6) is 1.94. The van der Waals surface area contributed by atoms with E-state index in [1.807, 2.05) is 12.1 Å². The van der Waals surface area contributed by atoms with Gasteiger partial charge in [-0.2, -0.15) is 4.98 Å². The summed E-state index contributed by atoms with van der Waals surface area (Å²) in [6.07, 6.45) is 1.69. The molecule has 1 aliphatic rings. The van der Waals surface area contributed by atoms with Crippen LogP contribution in [0.5, 0.6) is 0 Å². The standard InChI is InChI=1S/C20H20N2O2/c1-3-7-15(8-4-1)18(16-9-5-2-6-10-16)13-19-21-20(24-22-19)17-11-12-23-14-17/h1-10,17-18H,11-14H2/t17-/m1/s1. The lowest BCUT2D eigenvalue weighted by Crippen LogP contribution is -2.06. The summed E-state index contributed by atoms with van der Waals surface area (Å²) in [4.78, 5) is 4.63. The minimum Gasteiger partial charge on any atom is -0.381 e. The van der Waals surface area contributed by atoms with Crippen molar-refractivity contribution in [2.75, 3.05) is 13.2 Å². The lowest BCUT2D eigenvalue weighted by atomic mass is 9.88. The van der Waals surface area contributed by atoms with Crippen molar-refractivity contribution in [3.63, 3.8) is 0 Å². The van der Waals surface area contributed by atoms with Crippen LogP contribution in [0, 0.1) is 0 Å². The summed E-state index contributed by atoms with van der Waals surface area (Å²) in [6, 6.07) is 21.0. The fourth-order valence-electron chi connectivity index (χ4n) is 3.23. The summed E-state index contributed by atoms with van der Waals surface area (Å²) in [5.41, 5.74) is 2.53. The van der Waals surface area contributed by atoms with Crippen molar-refractivity contribution in [2.24, 2.45) is 0 Å². The van der Waals surface area contributed by atoms with E-state index in [-0.39, 0.29) is 11.8 Å². The van der Waals surface area contributed by atoms with Crippen LogP contribution in [-0.4, -0.2) is 23.4 Å². The van der Waals surface area contributed by atoms with E-state index in [2.05, 4.69) is 58.7 Å². The molecule has 4 rings (SSSR count). The Balaban J connectivity index is 1.60. The molecule has 0 saturated carbocycles. The zero-order valence-electron chi connectivity index (χ0n) is 13.5. The smallest absolute Gasteiger partial charge is 0.232 e. The number of nitrogens with zero attached hydrogens (tertiary/aromatic N) is 2. The summed E-state index contributed by atoms with van der Waals surface area (Å²) < 4.78 is 10.9. The molecule has 1 aromatic heterocycles. The molecule has 122 valence electrons. The van der Waals surface area contributed by atoms with Gasteiger partial charge in [-0.25, -0.2) is 0 Å². The van der Waals surface area contributed by atoms with Crippen LogP contribution in [0.4, 0.5) is 0 Å². The van der Waals surface area contributed by atoms with Gasteiger partial charge in [0.15, 0.2) is 5.82 Å². The van der Waals surface area contributed by atoms with Gasteiger partial charge in [0, 0.05) is 18.9 Å². The fraction of sp³-hybridized carbons (Fsp3) is 0.300.